The quantitative estimate of drug-likeness (QED) is 0.285. The third kappa shape index (κ3) is 4.21. The van der Waals surface area contributed by atoms with E-state index >= 15 is 0 Å². The number of hydrogen-bond donors (Lipinski definition) is 1. The van der Waals surface area contributed by atoms with Crippen LogP contribution >= 0.6 is 12.2 Å². The predicted molar refractivity (Wildman–Crippen MR) is 144 cm³/mol. The zero-order valence-electron chi connectivity index (χ0n) is 19.3. The standard InChI is InChI=1S/C29H23N5OS/c36-29-32-27(25-11-4-5-18-31-25)28(26-12-7-19-33(26)22-8-6-17-30-20-22)34(29)21-13-15-24(16-14-21)35-23-9-2-1-3-10-23/h1-20,27-28H,(H,32,36)/t27-,28-/m1/s1. The SMILES string of the molecule is S=C1N[C@H](c2ccccn2)[C@@H](c2cccn2-c2cccnc2)N1c1ccc(Oc2ccccc2)cc1. The van der Waals surface area contributed by atoms with Gasteiger partial charge in [0.2, 0.25) is 0 Å². The second-order valence-electron chi connectivity index (χ2n) is 8.42. The topological polar surface area (TPSA) is 55.2 Å². The van der Waals surface area contributed by atoms with Gasteiger partial charge in [-0.15, -0.1) is 0 Å². The largest absolute Gasteiger partial charge is 0.457 e. The Kier molecular flexibility index (Phi) is 5.89. The minimum atomic E-state index is -0.136. The van der Waals surface area contributed by atoms with Crippen LogP contribution in [-0.4, -0.2) is 19.6 Å². The van der Waals surface area contributed by atoms with Crippen LogP contribution in [0.1, 0.15) is 23.5 Å². The summed E-state index contributed by atoms with van der Waals surface area (Å²) in [6, 6.07) is 31.6. The molecule has 1 fully saturated rings. The minimum absolute atomic E-state index is 0.135. The highest BCUT2D eigenvalue weighted by Crippen LogP contribution is 2.42. The molecule has 0 spiro atoms. The van der Waals surface area contributed by atoms with Crippen LogP contribution in [-0.2, 0) is 0 Å². The second kappa shape index (κ2) is 9.64. The lowest BCUT2D eigenvalue weighted by Crippen LogP contribution is -2.30. The van der Waals surface area contributed by atoms with E-state index in [0.717, 1.165) is 34.3 Å². The van der Waals surface area contributed by atoms with Gasteiger partial charge in [0.1, 0.15) is 17.5 Å². The van der Waals surface area contributed by atoms with Gasteiger partial charge in [0.05, 0.1) is 23.6 Å². The average molecular weight is 490 g/mol. The summed E-state index contributed by atoms with van der Waals surface area (Å²) in [4.78, 5) is 11.1. The third-order valence-electron chi connectivity index (χ3n) is 6.20. The molecule has 176 valence electrons. The number of hydrogen-bond acceptors (Lipinski definition) is 4. The molecule has 36 heavy (non-hydrogen) atoms. The summed E-state index contributed by atoms with van der Waals surface area (Å²) in [6.07, 6.45) is 7.51. The van der Waals surface area contributed by atoms with Crippen LogP contribution in [0.3, 0.4) is 0 Å². The lowest BCUT2D eigenvalue weighted by atomic mass is 10.0. The Hall–Kier alpha value is -4.49. The van der Waals surface area contributed by atoms with E-state index in [1.807, 2.05) is 103 Å². The van der Waals surface area contributed by atoms with E-state index < -0.39 is 0 Å². The van der Waals surface area contributed by atoms with Crippen LogP contribution in [0.2, 0.25) is 0 Å². The molecular formula is C29H23N5OS. The maximum Gasteiger partial charge on any atom is 0.174 e. The Morgan fingerprint density at radius 2 is 1.56 bits per heavy atom. The first-order chi connectivity index (χ1) is 17.8. The molecule has 0 radical (unpaired) electrons. The smallest absolute Gasteiger partial charge is 0.174 e. The first kappa shape index (κ1) is 22.0. The van der Waals surface area contributed by atoms with Crippen molar-refractivity contribution >= 4 is 23.0 Å². The monoisotopic (exact) mass is 489 g/mol. The molecule has 1 aliphatic heterocycles. The average Bonchev–Trinajstić information content (AvgIpc) is 3.55. The van der Waals surface area contributed by atoms with E-state index in [-0.39, 0.29) is 12.1 Å². The van der Waals surface area contributed by atoms with Crippen LogP contribution in [0, 0.1) is 0 Å². The molecule has 6 nitrogen and oxygen atoms in total. The van der Waals surface area contributed by atoms with Gasteiger partial charge in [-0.2, -0.15) is 0 Å². The van der Waals surface area contributed by atoms with Crippen molar-refractivity contribution in [3.63, 3.8) is 0 Å². The maximum atomic E-state index is 6.00. The number of pyridine rings is 2. The summed E-state index contributed by atoms with van der Waals surface area (Å²) in [5, 5.41) is 4.17. The molecule has 0 aliphatic carbocycles. The van der Waals surface area contributed by atoms with Gasteiger partial charge >= 0.3 is 0 Å². The van der Waals surface area contributed by atoms with Crippen molar-refractivity contribution in [3.05, 3.63) is 133 Å². The Morgan fingerprint density at radius 3 is 2.31 bits per heavy atom. The summed E-state index contributed by atoms with van der Waals surface area (Å²) < 4.78 is 8.16. The number of anilines is 1. The van der Waals surface area contributed by atoms with Gasteiger partial charge in [-0.1, -0.05) is 24.3 Å². The fourth-order valence-electron chi connectivity index (χ4n) is 4.60. The van der Waals surface area contributed by atoms with Gasteiger partial charge in [0.25, 0.3) is 0 Å². The zero-order chi connectivity index (χ0) is 24.3. The fourth-order valence-corrected chi connectivity index (χ4v) is 4.95. The molecule has 7 heteroatoms. The van der Waals surface area contributed by atoms with Crippen LogP contribution in [0.4, 0.5) is 5.69 Å². The fraction of sp³-hybridized carbons (Fsp3) is 0.0690. The van der Waals surface area contributed by atoms with Crippen LogP contribution in [0.15, 0.2) is 122 Å². The molecule has 0 saturated carbocycles. The van der Waals surface area contributed by atoms with Crippen LogP contribution in [0.5, 0.6) is 11.5 Å². The van der Waals surface area contributed by atoms with Crippen molar-refractivity contribution in [1.29, 1.82) is 0 Å². The van der Waals surface area contributed by atoms with Crippen molar-refractivity contribution in [2.45, 2.75) is 12.1 Å². The highest BCUT2D eigenvalue weighted by atomic mass is 32.1. The summed E-state index contributed by atoms with van der Waals surface area (Å²) in [6.45, 7) is 0. The number of aromatic nitrogens is 3. The summed E-state index contributed by atoms with van der Waals surface area (Å²) in [5.41, 5.74) is 3.96. The molecule has 1 N–H and O–H groups in total. The number of nitrogens with zero attached hydrogens (tertiary/aromatic N) is 4. The Balaban J connectivity index is 1.40. The molecule has 1 saturated heterocycles. The molecular weight excluding hydrogens is 466 g/mol. The van der Waals surface area contributed by atoms with E-state index in [1.54, 1.807) is 6.20 Å². The summed E-state index contributed by atoms with van der Waals surface area (Å²) >= 11 is 5.88. The van der Waals surface area contributed by atoms with Gasteiger partial charge in [0.15, 0.2) is 5.11 Å². The van der Waals surface area contributed by atoms with E-state index in [0.29, 0.717) is 5.11 Å². The highest BCUT2D eigenvalue weighted by molar-refractivity contribution is 7.80. The molecule has 5 aromatic rings. The first-order valence-corrected chi connectivity index (χ1v) is 12.1. The van der Waals surface area contributed by atoms with Crippen molar-refractivity contribution in [2.24, 2.45) is 0 Å². The molecule has 0 amide bonds. The van der Waals surface area contributed by atoms with Crippen LogP contribution in [0.25, 0.3) is 5.69 Å². The number of para-hydroxylation sites is 1. The van der Waals surface area contributed by atoms with Gasteiger partial charge < -0.3 is 19.5 Å². The number of benzene rings is 2. The molecule has 2 atom stereocenters. The molecule has 4 heterocycles. The highest BCUT2D eigenvalue weighted by Gasteiger charge is 2.42. The van der Waals surface area contributed by atoms with Crippen molar-refractivity contribution in [1.82, 2.24) is 19.9 Å². The third-order valence-corrected chi connectivity index (χ3v) is 6.51. The maximum absolute atomic E-state index is 6.00. The lowest BCUT2D eigenvalue weighted by Gasteiger charge is -2.29. The van der Waals surface area contributed by atoms with Crippen molar-refractivity contribution < 1.29 is 4.74 Å². The van der Waals surface area contributed by atoms with Gasteiger partial charge in [-0.3, -0.25) is 9.97 Å². The Morgan fingerprint density at radius 1 is 0.750 bits per heavy atom. The molecule has 6 rings (SSSR count). The summed E-state index contributed by atoms with van der Waals surface area (Å²) in [7, 11) is 0. The Labute approximate surface area is 214 Å². The van der Waals surface area contributed by atoms with Crippen molar-refractivity contribution in [3.8, 4) is 17.2 Å². The van der Waals surface area contributed by atoms with Gasteiger partial charge in [0, 0.05) is 30.0 Å². The molecule has 0 unspecified atom stereocenters. The lowest BCUT2D eigenvalue weighted by molar-refractivity contribution is 0.482. The van der Waals surface area contributed by atoms with Crippen LogP contribution < -0.4 is 15.0 Å². The van der Waals surface area contributed by atoms with E-state index in [1.165, 1.54) is 0 Å². The minimum Gasteiger partial charge on any atom is -0.457 e. The van der Waals surface area contributed by atoms with Gasteiger partial charge in [-0.05, 0) is 85.0 Å². The zero-order valence-corrected chi connectivity index (χ0v) is 20.1. The van der Waals surface area contributed by atoms with Crippen molar-refractivity contribution in [2.75, 3.05) is 4.90 Å². The second-order valence-corrected chi connectivity index (χ2v) is 8.81. The van der Waals surface area contributed by atoms with E-state index in [4.69, 9.17) is 17.0 Å². The molecule has 2 aromatic carbocycles. The Bertz CT molecular complexity index is 1460. The molecule has 3 aromatic heterocycles. The normalized spacial score (nSPS) is 17.1. The van der Waals surface area contributed by atoms with E-state index in [9.17, 15) is 0 Å². The van der Waals surface area contributed by atoms with Gasteiger partial charge in [-0.25, -0.2) is 0 Å². The number of nitrogens with one attached hydrogen (secondary N) is 1. The van der Waals surface area contributed by atoms with E-state index in [2.05, 4.69) is 37.0 Å². The molecule has 1 aliphatic rings. The number of thiocarbonyl (C=S) groups is 1. The number of ether oxygens (including phenoxy) is 1. The predicted octanol–water partition coefficient (Wildman–Crippen LogP) is 6.24. The first-order valence-electron chi connectivity index (χ1n) is 11.7. The summed E-state index contributed by atoms with van der Waals surface area (Å²) in [5.74, 6) is 1.56. The molecule has 0 bridgehead atoms. The number of rotatable bonds is 6.